The third-order valence-electron chi connectivity index (χ3n) is 3.74. The summed E-state index contributed by atoms with van der Waals surface area (Å²) in [7, 11) is 0. The van der Waals surface area contributed by atoms with E-state index in [0.717, 1.165) is 26.1 Å². The van der Waals surface area contributed by atoms with Crippen LogP contribution in [-0.2, 0) is 11.3 Å². The predicted octanol–water partition coefficient (Wildman–Crippen LogP) is 2.57. The zero-order chi connectivity index (χ0) is 13.5. The number of benzene rings is 1. The molecule has 0 radical (unpaired) electrons. The van der Waals surface area contributed by atoms with E-state index in [1.54, 1.807) is 0 Å². The Morgan fingerprint density at radius 2 is 2.16 bits per heavy atom. The number of carbonyl (C=O) groups is 1. The van der Waals surface area contributed by atoms with E-state index in [1.807, 2.05) is 12.1 Å². The zero-order valence-corrected chi connectivity index (χ0v) is 11.7. The van der Waals surface area contributed by atoms with Gasteiger partial charge in [0.15, 0.2) is 0 Å². The molecular formula is C16H24N2O. The summed E-state index contributed by atoms with van der Waals surface area (Å²) < 4.78 is 0. The normalized spacial score (nSPS) is 17.8. The van der Waals surface area contributed by atoms with E-state index in [2.05, 4.69) is 29.7 Å². The highest BCUT2D eigenvalue weighted by atomic mass is 16.1. The molecule has 0 aliphatic carbocycles. The Bertz CT molecular complexity index is 417. The fourth-order valence-corrected chi connectivity index (χ4v) is 2.62. The highest BCUT2D eigenvalue weighted by Crippen LogP contribution is 2.23. The summed E-state index contributed by atoms with van der Waals surface area (Å²) in [6, 6.07) is 8.23. The number of carbonyl (C=O) groups excluding carboxylic acids is 1. The Balaban J connectivity index is 1.86. The number of rotatable bonds is 6. The molecule has 0 saturated carbocycles. The molecule has 1 amide bonds. The largest absolute Gasteiger partial charge is 0.356 e. The van der Waals surface area contributed by atoms with E-state index in [-0.39, 0.29) is 11.8 Å². The van der Waals surface area contributed by atoms with Crippen LogP contribution in [0, 0.1) is 0 Å². The number of amides is 1. The summed E-state index contributed by atoms with van der Waals surface area (Å²) in [6.45, 7) is 4.62. The molecule has 0 spiro atoms. The van der Waals surface area contributed by atoms with Crippen molar-refractivity contribution in [3.63, 3.8) is 0 Å². The summed E-state index contributed by atoms with van der Waals surface area (Å²) >= 11 is 0. The van der Waals surface area contributed by atoms with Crippen molar-refractivity contribution in [3.8, 4) is 0 Å². The Morgan fingerprint density at radius 1 is 1.32 bits per heavy atom. The number of nitrogens with one attached hydrogen (secondary N) is 2. The minimum Gasteiger partial charge on any atom is -0.356 e. The minimum atomic E-state index is -0.0314. The second kappa shape index (κ2) is 7.29. The van der Waals surface area contributed by atoms with Crippen molar-refractivity contribution in [1.29, 1.82) is 0 Å². The van der Waals surface area contributed by atoms with Gasteiger partial charge in [0.2, 0.25) is 5.91 Å². The summed E-state index contributed by atoms with van der Waals surface area (Å²) in [5, 5.41) is 6.40. The van der Waals surface area contributed by atoms with Crippen molar-refractivity contribution in [3.05, 3.63) is 35.4 Å². The smallest absolute Gasteiger partial charge is 0.228 e. The topological polar surface area (TPSA) is 41.1 Å². The molecule has 1 aromatic carbocycles. The summed E-state index contributed by atoms with van der Waals surface area (Å²) in [4.78, 5) is 12.2. The first kappa shape index (κ1) is 14.1. The van der Waals surface area contributed by atoms with Crippen LogP contribution in [0.15, 0.2) is 24.3 Å². The molecule has 3 heteroatoms. The van der Waals surface area contributed by atoms with Crippen LogP contribution in [0.3, 0.4) is 0 Å². The highest BCUT2D eigenvalue weighted by Gasteiger charge is 2.25. The summed E-state index contributed by atoms with van der Waals surface area (Å²) in [6.07, 6.45) is 4.77. The number of hydrogen-bond donors (Lipinski definition) is 2. The van der Waals surface area contributed by atoms with Crippen molar-refractivity contribution < 1.29 is 4.79 Å². The Kier molecular flexibility index (Phi) is 5.40. The lowest BCUT2D eigenvalue weighted by molar-refractivity contribution is -0.122. The van der Waals surface area contributed by atoms with E-state index < -0.39 is 0 Å². The molecule has 0 saturated heterocycles. The molecule has 1 aliphatic rings. The lowest BCUT2D eigenvalue weighted by Crippen LogP contribution is -2.39. The minimum absolute atomic E-state index is 0.0314. The van der Waals surface area contributed by atoms with Crippen molar-refractivity contribution >= 4 is 5.91 Å². The fraction of sp³-hybridized carbons (Fsp3) is 0.562. The van der Waals surface area contributed by atoms with E-state index in [1.165, 1.54) is 30.4 Å². The Hall–Kier alpha value is -1.35. The van der Waals surface area contributed by atoms with Gasteiger partial charge in [-0.1, -0.05) is 50.5 Å². The van der Waals surface area contributed by atoms with Crippen LogP contribution >= 0.6 is 0 Å². The van der Waals surface area contributed by atoms with E-state index >= 15 is 0 Å². The van der Waals surface area contributed by atoms with Gasteiger partial charge in [-0.15, -0.1) is 0 Å². The molecule has 1 aliphatic heterocycles. The second-order valence-electron chi connectivity index (χ2n) is 5.23. The van der Waals surface area contributed by atoms with Gasteiger partial charge in [-0.05, 0) is 17.5 Å². The molecule has 2 N–H and O–H groups in total. The molecule has 2 rings (SSSR count). The van der Waals surface area contributed by atoms with E-state index in [9.17, 15) is 4.79 Å². The van der Waals surface area contributed by atoms with Crippen LogP contribution in [0.5, 0.6) is 0 Å². The maximum atomic E-state index is 12.2. The predicted molar refractivity (Wildman–Crippen MR) is 78.0 cm³/mol. The van der Waals surface area contributed by atoms with Gasteiger partial charge in [0, 0.05) is 19.6 Å². The SMILES string of the molecule is CCCCCCNC(=O)C1CNCc2ccccc21. The first-order valence-electron chi connectivity index (χ1n) is 7.39. The Morgan fingerprint density at radius 3 is 3.00 bits per heavy atom. The molecule has 1 heterocycles. The van der Waals surface area contributed by atoms with Crippen LogP contribution in [0.1, 0.15) is 49.7 Å². The molecule has 0 bridgehead atoms. The summed E-state index contributed by atoms with van der Waals surface area (Å²) in [5.41, 5.74) is 2.44. The maximum Gasteiger partial charge on any atom is 0.228 e. The van der Waals surface area contributed by atoms with Crippen LogP contribution in [0.2, 0.25) is 0 Å². The van der Waals surface area contributed by atoms with Crippen LogP contribution < -0.4 is 10.6 Å². The standard InChI is InChI=1S/C16H24N2O/c1-2-3-4-7-10-18-16(19)15-12-17-11-13-8-5-6-9-14(13)15/h5-6,8-9,15,17H,2-4,7,10-12H2,1H3,(H,18,19). The van der Waals surface area contributed by atoms with Gasteiger partial charge in [0.25, 0.3) is 0 Å². The van der Waals surface area contributed by atoms with Crippen molar-refractivity contribution in [2.45, 2.75) is 45.1 Å². The number of hydrogen-bond acceptors (Lipinski definition) is 2. The molecule has 104 valence electrons. The van der Waals surface area contributed by atoms with Gasteiger partial charge in [-0.2, -0.15) is 0 Å². The highest BCUT2D eigenvalue weighted by molar-refractivity contribution is 5.84. The molecule has 1 aromatic rings. The quantitative estimate of drug-likeness (QED) is 0.772. The maximum absolute atomic E-state index is 12.2. The first-order chi connectivity index (χ1) is 9.33. The molecule has 0 fully saturated rings. The van der Waals surface area contributed by atoms with Gasteiger partial charge < -0.3 is 10.6 Å². The molecular weight excluding hydrogens is 236 g/mol. The molecule has 3 nitrogen and oxygen atoms in total. The number of unbranched alkanes of at least 4 members (excludes halogenated alkanes) is 3. The monoisotopic (exact) mass is 260 g/mol. The van der Waals surface area contributed by atoms with Gasteiger partial charge in [0.1, 0.15) is 0 Å². The number of fused-ring (bicyclic) bond motifs is 1. The van der Waals surface area contributed by atoms with Gasteiger partial charge in [-0.25, -0.2) is 0 Å². The zero-order valence-electron chi connectivity index (χ0n) is 11.7. The molecule has 19 heavy (non-hydrogen) atoms. The second-order valence-corrected chi connectivity index (χ2v) is 5.23. The van der Waals surface area contributed by atoms with Crippen LogP contribution in [-0.4, -0.2) is 19.0 Å². The Labute approximate surface area is 115 Å². The lowest BCUT2D eigenvalue weighted by Gasteiger charge is -2.25. The average Bonchev–Trinajstić information content (AvgIpc) is 2.46. The van der Waals surface area contributed by atoms with Crippen molar-refractivity contribution in [2.75, 3.05) is 13.1 Å². The first-order valence-corrected chi connectivity index (χ1v) is 7.39. The van der Waals surface area contributed by atoms with Crippen molar-refractivity contribution in [2.24, 2.45) is 0 Å². The third-order valence-corrected chi connectivity index (χ3v) is 3.74. The fourth-order valence-electron chi connectivity index (χ4n) is 2.62. The molecule has 1 atom stereocenters. The lowest BCUT2D eigenvalue weighted by atomic mass is 9.90. The van der Waals surface area contributed by atoms with Crippen LogP contribution in [0.4, 0.5) is 0 Å². The van der Waals surface area contributed by atoms with E-state index in [0.29, 0.717) is 0 Å². The van der Waals surface area contributed by atoms with Gasteiger partial charge in [0.05, 0.1) is 5.92 Å². The summed E-state index contributed by atoms with van der Waals surface area (Å²) in [5.74, 6) is 0.132. The van der Waals surface area contributed by atoms with Gasteiger partial charge in [-0.3, -0.25) is 4.79 Å². The average molecular weight is 260 g/mol. The van der Waals surface area contributed by atoms with Gasteiger partial charge >= 0.3 is 0 Å². The van der Waals surface area contributed by atoms with Crippen LogP contribution in [0.25, 0.3) is 0 Å². The molecule has 0 aromatic heterocycles. The van der Waals surface area contributed by atoms with Crippen molar-refractivity contribution in [1.82, 2.24) is 10.6 Å². The molecule has 1 unspecified atom stereocenters. The third kappa shape index (κ3) is 3.80. The van der Waals surface area contributed by atoms with E-state index in [4.69, 9.17) is 0 Å².